The number of aliphatic carboxylic acids is 1. The number of benzene rings is 1. The molecule has 1 saturated heterocycles. The molecule has 0 spiro atoms. The van der Waals surface area contributed by atoms with Crippen molar-refractivity contribution in [2.75, 3.05) is 33.7 Å². The Balaban J connectivity index is 2.00. The van der Waals surface area contributed by atoms with Crippen molar-refractivity contribution in [3.8, 4) is 0 Å². The lowest BCUT2D eigenvalue weighted by molar-refractivity contribution is -0.139. The molecule has 1 aromatic rings. The van der Waals surface area contributed by atoms with E-state index in [-0.39, 0.29) is 0 Å². The van der Waals surface area contributed by atoms with Crippen LogP contribution < -0.4 is 0 Å². The van der Waals surface area contributed by atoms with E-state index in [4.69, 9.17) is 0 Å². The average molecular weight is 276 g/mol. The fourth-order valence-corrected chi connectivity index (χ4v) is 2.88. The summed E-state index contributed by atoms with van der Waals surface area (Å²) in [6.07, 6.45) is 2.24. The molecule has 4 heteroatoms. The molecule has 1 aromatic carbocycles. The second kappa shape index (κ2) is 6.86. The summed E-state index contributed by atoms with van der Waals surface area (Å²) >= 11 is 0. The number of hydrogen-bond donors (Lipinski definition) is 1. The van der Waals surface area contributed by atoms with Gasteiger partial charge in [0.15, 0.2) is 0 Å². The van der Waals surface area contributed by atoms with Gasteiger partial charge in [-0.1, -0.05) is 30.3 Å². The molecule has 0 aromatic heterocycles. The van der Waals surface area contributed by atoms with E-state index in [1.807, 2.05) is 30.3 Å². The molecule has 20 heavy (non-hydrogen) atoms. The summed E-state index contributed by atoms with van der Waals surface area (Å²) in [6, 6.07) is 10.0. The predicted octanol–water partition coefficient (Wildman–Crippen LogP) is 1.88. The number of piperidine rings is 1. The van der Waals surface area contributed by atoms with Crippen molar-refractivity contribution in [3.63, 3.8) is 0 Å². The van der Waals surface area contributed by atoms with Crippen LogP contribution in [0, 0.1) is 0 Å². The Morgan fingerprint density at radius 2 is 1.95 bits per heavy atom. The van der Waals surface area contributed by atoms with Crippen LogP contribution in [0.25, 0.3) is 0 Å². The first-order valence-corrected chi connectivity index (χ1v) is 7.24. The Bertz CT molecular complexity index is 427. The standard InChI is InChI=1S/C16H24N2O2/c1-17-10-8-14(9-11-17)18(2)12-15(16(19)20)13-6-4-3-5-7-13/h3-7,14-15H,8-12H2,1-2H3,(H,19,20). The monoisotopic (exact) mass is 276 g/mol. The lowest BCUT2D eigenvalue weighted by atomic mass is 9.96. The molecule has 1 N–H and O–H groups in total. The number of rotatable bonds is 5. The number of carboxylic acids is 1. The third kappa shape index (κ3) is 3.81. The Morgan fingerprint density at radius 1 is 1.35 bits per heavy atom. The number of likely N-dealkylation sites (tertiary alicyclic amines) is 1. The topological polar surface area (TPSA) is 43.8 Å². The molecule has 0 bridgehead atoms. The summed E-state index contributed by atoms with van der Waals surface area (Å²) in [7, 11) is 4.19. The summed E-state index contributed by atoms with van der Waals surface area (Å²) < 4.78 is 0. The van der Waals surface area contributed by atoms with Crippen LogP contribution in [-0.4, -0.2) is 60.6 Å². The van der Waals surface area contributed by atoms with E-state index >= 15 is 0 Å². The maximum Gasteiger partial charge on any atom is 0.312 e. The molecule has 1 unspecified atom stereocenters. The van der Waals surface area contributed by atoms with Crippen LogP contribution in [0.15, 0.2) is 30.3 Å². The Hall–Kier alpha value is -1.39. The maximum absolute atomic E-state index is 11.5. The minimum atomic E-state index is -0.740. The number of nitrogens with zero attached hydrogens (tertiary/aromatic N) is 2. The zero-order valence-electron chi connectivity index (χ0n) is 12.3. The van der Waals surface area contributed by atoms with Gasteiger partial charge in [-0.25, -0.2) is 0 Å². The van der Waals surface area contributed by atoms with Crippen molar-refractivity contribution < 1.29 is 9.90 Å². The maximum atomic E-state index is 11.5. The summed E-state index contributed by atoms with van der Waals surface area (Å²) in [6.45, 7) is 2.77. The predicted molar refractivity (Wildman–Crippen MR) is 80.0 cm³/mol. The molecule has 1 aliphatic heterocycles. The van der Waals surface area contributed by atoms with E-state index in [1.165, 1.54) is 0 Å². The van der Waals surface area contributed by atoms with Gasteiger partial charge in [0.2, 0.25) is 0 Å². The molecular formula is C16H24N2O2. The van der Waals surface area contributed by atoms with Crippen LogP contribution in [0.3, 0.4) is 0 Å². The van der Waals surface area contributed by atoms with Crippen molar-refractivity contribution >= 4 is 5.97 Å². The van der Waals surface area contributed by atoms with Gasteiger partial charge in [0, 0.05) is 12.6 Å². The highest BCUT2D eigenvalue weighted by Gasteiger charge is 2.26. The first kappa shape index (κ1) is 15.0. The normalized spacial score (nSPS) is 19.1. The van der Waals surface area contributed by atoms with Gasteiger partial charge < -0.3 is 14.9 Å². The highest BCUT2D eigenvalue weighted by molar-refractivity contribution is 5.76. The van der Waals surface area contributed by atoms with E-state index in [9.17, 15) is 9.90 Å². The Kier molecular flexibility index (Phi) is 5.15. The Morgan fingerprint density at radius 3 is 2.50 bits per heavy atom. The smallest absolute Gasteiger partial charge is 0.312 e. The minimum absolute atomic E-state index is 0.444. The number of likely N-dealkylation sites (N-methyl/N-ethyl adjacent to an activating group) is 1. The van der Waals surface area contributed by atoms with Crippen molar-refractivity contribution in [1.29, 1.82) is 0 Å². The molecule has 0 aliphatic carbocycles. The second-order valence-electron chi connectivity index (χ2n) is 5.78. The van der Waals surface area contributed by atoms with Gasteiger partial charge in [0.25, 0.3) is 0 Å². The van der Waals surface area contributed by atoms with Gasteiger partial charge in [0.05, 0.1) is 5.92 Å². The number of carboxylic acid groups (broad SMARTS) is 1. The summed E-state index contributed by atoms with van der Waals surface area (Å²) in [5, 5.41) is 9.48. The third-order valence-electron chi connectivity index (χ3n) is 4.28. The molecular weight excluding hydrogens is 252 g/mol. The van der Waals surface area contributed by atoms with Crippen LogP contribution in [-0.2, 0) is 4.79 Å². The van der Waals surface area contributed by atoms with E-state index in [0.717, 1.165) is 31.5 Å². The lowest BCUT2D eigenvalue weighted by Gasteiger charge is -2.36. The van der Waals surface area contributed by atoms with Gasteiger partial charge in [-0.2, -0.15) is 0 Å². The van der Waals surface area contributed by atoms with Crippen LogP contribution in [0.5, 0.6) is 0 Å². The van der Waals surface area contributed by atoms with Gasteiger partial charge in [-0.05, 0) is 45.6 Å². The highest BCUT2D eigenvalue weighted by Crippen LogP contribution is 2.21. The molecule has 0 amide bonds. The average Bonchev–Trinajstić information content (AvgIpc) is 2.46. The van der Waals surface area contributed by atoms with Crippen LogP contribution in [0.2, 0.25) is 0 Å². The van der Waals surface area contributed by atoms with Gasteiger partial charge in [-0.3, -0.25) is 4.79 Å². The molecule has 1 heterocycles. The van der Waals surface area contributed by atoms with E-state index in [0.29, 0.717) is 12.6 Å². The molecule has 0 radical (unpaired) electrons. The lowest BCUT2D eigenvalue weighted by Crippen LogP contribution is -2.44. The molecule has 0 saturated carbocycles. The zero-order chi connectivity index (χ0) is 14.5. The van der Waals surface area contributed by atoms with Crippen LogP contribution in [0.1, 0.15) is 24.3 Å². The fraction of sp³-hybridized carbons (Fsp3) is 0.562. The molecule has 2 rings (SSSR count). The Labute approximate surface area is 121 Å². The quantitative estimate of drug-likeness (QED) is 0.892. The van der Waals surface area contributed by atoms with E-state index in [1.54, 1.807) is 0 Å². The van der Waals surface area contributed by atoms with Gasteiger partial charge in [0.1, 0.15) is 0 Å². The largest absolute Gasteiger partial charge is 0.481 e. The molecule has 4 nitrogen and oxygen atoms in total. The molecule has 110 valence electrons. The van der Waals surface area contributed by atoms with Crippen molar-refractivity contribution in [3.05, 3.63) is 35.9 Å². The zero-order valence-corrected chi connectivity index (χ0v) is 12.3. The second-order valence-corrected chi connectivity index (χ2v) is 5.78. The summed E-state index contributed by atoms with van der Waals surface area (Å²) in [4.78, 5) is 16.1. The van der Waals surface area contributed by atoms with E-state index in [2.05, 4.69) is 23.9 Å². The molecule has 1 aliphatic rings. The van der Waals surface area contributed by atoms with Crippen molar-refractivity contribution in [2.24, 2.45) is 0 Å². The van der Waals surface area contributed by atoms with Gasteiger partial charge >= 0.3 is 5.97 Å². The van der Waals surface area contributed by atoms with Crippen molar-refractivity contribution in [2.45, 2.75) is 24.8 Å². The first-order chi connectivity index (χ1) is 9.58. The summed E-state index contributed by atoms with van der Waals surface area (Å²) in [5.41, 5.74) is 0.889. The first-order valence-electron chi connectivity index (χ1n) is 7.24. The number of carbonyl (C=O) groups is 1. The van der Waals surface area contributed by atoms with Crippen LogP contribution >= 0.6 is 0 Å². The SMILES string of the molecule is CN1CCC(N(C)CC(C(=O)O)c2ccccc2)CC1. The molecule has 1 fully saturated rings. The fourth-order valence-electron chi connectivity index (χ4n) is 2.88. The third-order valence-corrected chi connectivity index (χ3v) is 4.28. The van der Waals surface area contributed by atoms with Gasteiger partial charge in [-0.15, -0.1) is 0 Å². The molecule has 1 atom stereocenters. The van der Waals surface area contributed by atoms with Crippen molar-refractivity contribution in [1.82, 2.24) is 9.80 Å². The summed E-state index contributed by atoms with van der Waals surface area (Å²) in [5.74, 6) is -1.18. The van der Waals surface area contributed by atoms with E-state index < -0.39 is 11.9 Å². The highest BCUT2D eigenvalue weighted by atomic mass is 16.4. The minimum Gasteiger partial charge on any atom is -0.481 e. The number of hydrogen-bond acceptors (Lipinski definition) is 3. The van der Waals surface area contributed by atoms with Crippen LogP contribution in [0.4, 0.5) is 0 Å².